The van der Waals surface area contributed by atoms with Crippen LogP contribution in [0.4, 0.5) is 13.2 Å². The van der Waals surface area contributed by atoms with Crippen LogP contribution in [0.2, 0.25) is 0 Å². The van der Waals surface area contributed by atoms with E-state index in [2.05, 4.69) is 4.72 Å². The normalized spacial score (nSPS) is 15.8. The number of halogens is 3. The second-order valence-electron chi connectivity index (χ2n) is 6.31. The fourth-order valence-electron chi connectivity index (χ4n) is 1.79. The minimum absolute atomic E-state index is 0.385. The Morgan fingerprint density at radius 1 is 1.17 bits per heavy atom. The Kier molecular flexibility index (Phi) is 7.02. The van der Waals surface area contributed by atoms with Crippen molar-refractivity contribution in [3.8, 4) is 0 Å². The Bertz CT molecular complexity index is 544. The zero-order chi connectivity index (χ0) is 17.7. The number of benzene rings is 1. The summed E-state index contributed by atoms with van der Waals surface area (Å²) in [6.07, 6.45) is 1.29. The molecule has 1 aromatic carbocycles. The Morgan fingerprint density at radius 3 is 2.17 bits per heavy atom. The second-order valence-corrected chi connectivity index (χ2v) is 8.31. The van der Waals surface area contributed by atoms with Gasteiger partial charge in [-0.2, -0.15) is 13.2 Å². The molecule has 2 atom stereocenters. The Balaban J connectivity index is 3.02. The fraction of sp³-hybridized carbons (Fsp3) is 0.529. The monoisotopic (exact) mass is 347 g/mol. The van der Waals surface area contributed by atoms with Gasteiger partial charge in [-0.3, -0.25) is 0 Å². The Labute approximate surface area is 138 Å². The molecule has 0 spiro atoms. The van der Waals surface area contributed by atoms with Crippen LogP contribution in [0.5, 0.6) is 0 Å². The molecule has 0 aliphatic heterocycles. The van der Waals surface area contributed by atoms with Crippen molar-refractivity contribution in [1.82, 2.24) is 4.72 Å². The van der Waals surface area contributed by atoms with Crippen molar-refractivity contribution in [3.05, 3.63) is 47.5 Å². The van der Waals surface area contributed by atoms with Gasteiger partial charge in [0.15, 0.2) is 0 Å². The van der Waals surface area contributed by atoms with Crippen molar-refractivity contribution in [3.63, 3.8) is 0 Å². The Hall–Kier alpha value is -1.14. The van der Waals surface area contributed by atoms with Crippen LogP contribution >= 0.6 is 0 Å². The van der Waals surface area contributed by atoms with Gasteiger partial charge in [0.05, 0.1) is 27.3 Å². The number of allylic oxidation sites excluding steroid dienone is 1. The molecule has 130 valence electrons. The molecule has 0 heterocycles. The number of unbranched alkanes of at least 4 members (excludes halogenated alkanes) is 1. The van der Waals surface area contributed by atoms with Crippen LogP contribution in [0.25, 0.3) is 0 Å². The van der Waals surface area contributed by atoms with E-state index in [4.69, 9.17) is 0 Å². The molecule has 6 heteroatoms. The van der Waals surface area contributed by atoms with Crippen molar-refractivity contribution >= 4 is 11.0 Å². The molecule has 0 unspecified atom stereocenters. The highest BCUT2D eigenvalue weighted by Crippen LogP contribution is 2.30. The van der Waals surface area contributed by atoms with Gasteiger partial charge in [-0.25, -0.2) is 8.93 Å². The number of hydrogen-bond acceptors (Lipinski definition) is 1. The molecule has 0 bridgehead atoms. The third-order valence-electron chi connectivity index (χ3n) is 3.17. The summed E-state index contributed by atoms with van der Waals surface area (Å²) in [6.45, 7) is 7.57. The first-order valence-corrected chi connectivity index (χ1v) is 8.72. The molecule has 0 fully saturated rings. The van der Waals surface area contributed by atoms with Crippen LogP contribution in [0, 0.1) is 0 Å². The number of alkyl halides is 3. The molecule has 1 rings (SSSR count). The predicted molar refractivity (Wildman–Crippen MR) is 89.3 cm³/mol. The van der Waals surface area contributed by atoms with Gasteiger partial charge in [-0.15, -0.1) is 0 Å². The quantitative estimate of drug-likeness (QED) is 0.708. The maximum atomic E-state index is 12.7. The van der Waals surface area contributed by atoms with Crippen LogP contribution in [0.3, 0.4) is 0 Å². The highest BCUT2D eigenvalue weighted by Gasteiger charge is 2.30. The summed E-state index contributed by atoms with van der Waals surface area (Å²) in [4.78, 5) is 0. The summed E-state index contributed by atoms with van der Waals surface area (Å²) in [5.41, 5.74) is -0.0302. The molecule has 1 N–H and O–H groups in total. The minimum atomic E-state index is -4.35. The zero-order valence-electron chi connectivity index (χ0n) is 13.9. The first-order valence-electron chi connectivity index (χ1n) is 7.57. The lowest BCUT2D eigenvalue weighted by molar-refractivity contribution is -0.137. The third kappa shape index (κ3) is 6.47. The highest BCUT2D eigenvalue weighted by molar-refractivity contribution is 7.84. The molecule has 1 aromatic rings. The molecule has 0 aromatic heterocycles. The van der Waals surface area contributed by atoms with Gasteiger partial charge in [-0.05, 0) is 44.9 Å². The first kappa shape index (κ1) is 19.9. The van der Waals surface area contributed by atoms with Gasteiger partial charge in [0.1, 0.15) is 0 Å². The van der Waals surface area contributed by atoms with E-state index in [1.54, 1.807) is 0 Å². The fourth-order valence-corrected chi connectivity index (χ4v) is 2.59. The summed E-state index contributed by atoms with van der Waals surface area (Å²) >= 11 is 0. The van der Waals surface area contributed by atoms with E-state index in [1.807, 2.05) is 39.8 Å². The molecule has 0 aliphatic rings. The molecule has 0 saturated heterocycles. The second kappa shape index (κ2) is 8.11. The van der Waals surface area contributed by atoms with E-state index in [9.17, 15) is 17.4 Å². The van der Waals surface area contributed by atoms with Crippen molar-refractivity contribution in [2.45, 2.75) is 57.5 Å². The molecular formula is C17H24F3NOS. The van der Waals surface area contributed by atoms with Crippen LogP contribution < -0.4 is 4.72 Å². The van der Waals surface area contributed by atoms with Gasteiger partial charge in [-0.1, -0.05) is 37.6 Å². The lowest BCUT2D eigenvalue weighted by Crippen LogP contribution is -2.35. The van der Waals surface area contributed by atoms with E-state index >= 15 is 0 Å². The summed E-state index contributed by atoms with van der Waals surface area (Å²) in [5.74, 6) is 0. The van der Waals surface area contributed by atoms with E-state index in [-0.39, 0.29) is 6.04 Å². The number of rotatable bonds is 6. The maximum absolute atomic E-state index is 12.7. The lowest BCUT2D eigenvalue weighted by Gasteiger charge is -2.23. The average Bonchev–Trinajstić information content (AvgIpc) is 2.44. The molecule has 0 radical (unpaired) electrons. The standard InChI is InChI=1S/C17H24F3NOS/c1-5-6-7-8-15(21-23(22)16(2,3)4)13-9-11-14(12-10-13)17(18,19)20/h7-12,15,21H,5-6H2,1-4H3/b8-7+/t15-,23-/m1/s1. The molecule has 0 amide bonds. The van der Waals surface area contributed by atoms with Crippen molar-refractivity contribution in [2.75, 3.05) is 0 Å². The van der Waals surface area contributed by atoms with Gasteiger partial charge >= 0.3 is 6.18 Å². The van der Waals surface area contributed by atoms with E-state index < -0.39 is 27.5 Å². The summed E-state index contributed by atoms with van der Waals surface area (Å²) in [7, 11) is -1.32. The topological polar surface area (TPSA) is 29.1 Å². The summed E-state index contributed by atoms with van der Waals surface area (Å²) < 4.78 is 52.8. The summed E-state index contributed by atoms with van der Waals surface area (Å²) in [5, 5.41) is 0. The van der Waals surface area contributed by atoms with Crippen molar-refractivity contribution in [1.29, 1.82) is 0 Å². The highest BCUT2D eigenvalue weighted by atomic mass is 32.2. The van der Waals surface area contributed by atoms with E-state index in [0.717, 1.165) is 25.0 Å². The number of nitrogens with one attached hydrogen (secondary N) is 1. The van der Waals surface area contributed by atoms with Gasteiger partial charge in [0, 0.05) is 0 Å². The maximum Gasteiger partial charge on any atom is 0.416 e. The third-order valence-corrected chi connectivity index (χ3v) is 4.75. The first-order chi connectivity index (χ1) is 10.6. The van der Waals surface area contributed by atoms with E-state index in [1.165, 1.54) is 12.1 Å². The van der Waals surface area contributed by atoms with Crippen LogP contribution in [0.1, 0.15) is 57.7 Å². The molecule has 0 aliphatic carbocycles. The molecule has 0 saturated carbocycles. The molecular weight excluding hydrogens is 323 g/mol. The van der Waals surface area contributed by atoms with Gasteiger partial charge < -0.3 is 0 Å². The predicted octanol–water partition coefficient (Wildman–Crippen LogP) is 5.15. The molecule has 23 heavy (non-hydrogen) atoms. The largest absolute Gasteiger partial charge is 0.416 e. The average molecular weight is 347 g/mol. The van der Waals surface area contributed by atoms with Gasteiger partial charge in [0.2, 0.25) is 0 Å². The zero-order valence-corrected chi connectivity index (χ0v) is 14.7. The van der Waals surface area contributed by atoms with Crippen molar-refractivity contribution in [2.24, 2.45) is 0 Å². The van der Waals surface area contributed by atoms with E-state index in [0.29, 0.717) is 5.56 Å². The Morgan fingerprint density at radius 2 is 1.74 bits per heavy atom. The van der Waals surface area contributed by atoms with Gasteiger partial charge in [0.25, 0.3) is 0 Å². The van der Waals surface area contributed by atoms with Crippen LogP contribution in [0.15, 0.2) is 36.4 Å². The smallest absolute Gasteiger partial charge is 0.242 e. The molecule has 2 nitrogen and oxygen atoms in total. The minimum Gasteiger partial charge on any atom is -0.242 e. The van der Waals surface area contributed by atoms with Crippen molar-refractivity contribution < 1.29 is 17.4 Å². The summed E-state index contributed by atoms with van der Waals surface area (Å²) in [6, 6.07) is 4.58. The van der Waals surface area contributed by atoms with Crippen LogP contribution in [-0.2, 0) is 17.2 Å². The number of hydrogen-bond donors (Lipinski definition) is 1. The van der Waals surface area contributed by atoms with Crippen LogP contribution in [-0.4, -0.2) is 8.96 Å². The lowest BCUT2D eigenvalue weighted by atomic mass is 10.0. The SMILES string of the molecule is CCC/C=C/[C@@H](N[S@](=O)C(C)(C)C)c1ccc(C(F)(F)F)cc1.